The van der Waals surface area contributed by atoms with Crippen molar-refractivity contribution in [2.24, 2.45) is 0 Å². The summed E-state index contributed by atoms with van der Waals surface area (Å²) in [4.78, 5) is 15.6. The Morgan fingerprint density at radius 3 is 3.13 bits per heavy atom. The first-order valence-electron chi connectivity index (χ1n) is 4.78. The highest BCUT2D eigenvalue weighted by atomic mass is 16.3. The molecule has 0 saturated heterocycles. The Labute approximate surface area is 86.5 Å². The number of aliphatic hydroxyl groups excluding tert-OH is 1. The highest BCUT2D eigenvalue weighted by Gasteiger charge is 2.07. The SMILES string of the molecule is O=C(CCCO)c1ccc2ncoc2c1. The van der Waals surface area contributed by atoms with Crippen LogP contribution >= 0.6 is 0 Å². The maximum absolute atomic E-state index is 11.6. The minimum Gasteiger partial charge on any atom is -0.443 e. The quantitative estimate of drug-likeness (QED) is 0.773. The number of nitrogens with zero attached hydrogens (tertiary/aromatic N) is 1. The Hall–Kier alpha value is -1.68. The van der Waals surface area contributed by atoms with Gasteiger partial charge in [0, 0.05) is 18.6 Å². The highest BCUT2D eigenvalue weighted by molar-refractivity contribution is 5.98. The average molecular weight is 205 g/mol. The molecule has 4 heteroatoms. The molecule has 0 aliphatic carbocycles. The molecule has 0 aliphatic rings. The van der Waals surface area contributed by atoms with Gasteiger partial charge in [0.05, 0.1) is 0 Å². The molecule has 0 unspecified atom stereocenters. The van der Waals surface area contributed by atoms with E-state index < -0.39 is 0 Å². The standard InChI is InChI=1S/C11H11NO3/c13-5-1-2-10(14)8-3-4-9-11(6-8)15-7-12-9/h3-4,6-7,13H,1-2,5H2. The molecular weight excluding hydrogens is 194 g/mol. The third kappa shape index (κ3) is 2.05. The molecule has 1 heterocycles. The zero-order valence-electron chi connectivity index (χ0n) is 8.14. The van der Waals surface area contributed by atoms with Crippen molar-refractivity contribution in [3.63, 3.8) is 0 Å². The first kappa shape index (κ1) is 9.86. The molecule has 0 saturated carbocycles. The van der Waals surface area contributed by atoms with E-state index in [9.17, 15) is 4.79 Å². The van der Waals surface area contributed by atoms with Crippen LogP contribution < -0.4 is 0 Å². The summed E-state index contributed by atoms with van der Waals surface area (Å²) in [5, 5.41) is 8.62. The van der Waals surface area contributed by atoms with Gasteiger partial charge in [0.25, 0.3) is 0 Å². The molecule has 0 bridgehead atoms. The van der Waals surface area contributed by atoms with E-state index in [0.29, 0.717) is 24.0 Å². The van der Waals surface area contributed by atoms with Crippen LogP contribution in [-0.2, 0) is 0 Å². The number of carbonyl (C=O) groups is 1. The number of aliphatic hydroxyl groups is 1. The lowest BCUT2D eigenvalue weighted by molar-refractivity contribution is 0.0971. The van der Waals surface area contributed by atoms with Gasteiger partial charge in [-0.05, 0) is 24.6 Å². The number of benzene rings is 1. The molecule has 0 fully saturated rings. The molecule has 1 aromatic heterocycles. The van der Waals surface area contributed by atoms with Gasteiger partial charge in [-0.2, -0.15) is 0 Å². The summed E-state index contributed by atoms with van der Waals surface area (Å²) in [5.41, 5.74) is 1.96. The van der Waals surface area contributed by atoms with Crippen LogP contribution in [0.25, 0.3) is 11.1 Å². The number of ketones is 1. The van der Waals surface area contributed by atoms with Crippen molar-refractivity contribution in [2.45, 2.75) is 12.8 Å². The van der Waals surface area contributed by atoms with Crippen LogP contribution in [0.2, 0.25) is 0 Å². The van der Waals surface area contributed by atoms with E-state index in [-0.39, 0.29) is 12.4 Å². The Morgan fingerprint density at radius 1 is 1.47 bits per heavy atom. The number of fused-ring (bicyclic) bond motifs is 1. The fourth-order valence-electron chi connectivity index (χ4n) is 1.41. The van der Waals surface area contributed by atoms with E-state index in [1.165, 1.54) is 6.39 Å². The number of hydrogen-bond acceptors (Lipinski definition) is 4. The third-order valence-corrected chi connectivity index (χ3v) is 2.22. The van der Waals surface area contributed by atoms with Crippen molar-refractivity contribution in [2.75, 3.05) is 6.61 Å². The Morgan fingerprint density at radius 2 is 2.33 bits per heavy atom. The summed E-state index contributed by atoms with van der Waals surface area (Å²) in [6, 6.07) is 5.16. The van der Waals surface area contributed by atoms with Crippen LogP contribution in [0, 0.1) is 0 Å². The molecule has 0 radical (unpaired) electrons. The summed E-state index contributed by atoms with van der Waals surface area (Å²) in [6.45, 7) is 0.0380. The van der Waals surface area contributed by atoms with E-state index in [0.717, 1.165) is 5.52 Å². The lowest BCUT2D eigenvalue weighted by atomic mass is 10.1. The Bertz CT molecular complexity index is 475. The molecule has 4 nitrogen and oxygen atoms in total. The second-order valence-electron chi connectivity index (χ2n) is 3.29. The maximum atomic E-state index is 11.6. The molecule has 0 spiro atoms. The van der Waals surface area contributed by atoms with E-state index in [1.807, 2.05) is 0 Å². The fourth-order valence-corrected chi connectivity index (χ4v) is 1.41. The van der Waals surface area contributed by atoms with E-state index >= 15 is 0 Å². The minimum absolute atomic E-state index is 0.0161. The van der Waals surface area contributed by atoms with Gasteiger partial charge in [-0.1, -0.05) is 0 Å². The number of hydrogen-bond donors (Lipinski definition) is 1. The van der Waals surface area contributed by atoms with Gasteiger partial charge in [-0.3, -0.25) is 4.79 Å². The summed E-state index contributed by atoms with van der Waals surface area (Å²) in [7, 11) is 0. The van der Waals surface area contributed by atoms with Crippen molar-refractivity contribution in [1.29, 1.82) is 0 Å². The number of carbonyl (C=O) groups excluding carboxylic acids is 1. The monoisotopic (exact) mass is 205 g/mol. The largest absolute Gasteiger partial charge is 0.443 e. The van der Waals surface area contributed by atoms with Crippen LogP contribution in [0.4, 0.5) is 0 Å². The van der Waals surface area contributed by atoms with Crippen molar-refractivity contribution in [3.05, 3.63) is 30.2 Å². The summed E-state index contributed by atoms with van der Waals surface area (Å²) >= 11 is 0. The van der Waals surface area contributed by atoms with E-state index in [4.69, 9.17) is 9.52 Å². The molecule has 0 aliphatic heterocycles. The molecular formula is C11H11NO3. The molecule has 1 aromatic carbocycles. The van der Waals surface area contributed by atoms with Crippen LogP contribution in [0.3, 0.4) is 0 Å². The first-order chi connectivity index (χ1) is 7.31. The number of oxazole rings is 1. The van der Waals surface area contributed by atoms with Crippen LogP contribution in [0.5, 0.6) is 0 Å². The third-order valence-electron chi connectivity index (χ3n) is 2.22. The van der Waals surface area contributed by atoms with E-state index in [1.54, 1.807) is 18.2 Å². The van der Waals surface area contributed by atoms with Crippen molar-refractivity contribution < 1.29 is 14.3 Å². The molecule has 0 atom stereocenters. The second kappa shape index (κ2) is 4.23. The predicted octanol–water partition coefficient (Wildman–Crippen LogP) is 1.78. The molecule has 15 heavy (non-hydrogen) atoms. The lowest BCUT2D eigenvalue weighted by Crippen LogP contribution is -1.99. The topological polar surface area (TPSA) is 63.3 Å². The van der Waals surface area contributed by atoms with Crippen LogP contribution in [0.1, 0.15) is 23.2 Å². The fraction of sp³-hybridized carbons (Fsp3) is 0.273. The van der Waals surface area contributed by atoms with Gasteiger partial charge in [-0.25, -0.2) is 4.98 Å². The summed E-state index contributed by atoms with van der Waals surface area (Å²) in [5.74, 6) is 0.0161. The predicted molar refractivity (Wildman–Crippen MR) is 54.7 cm³/mol. The van der Waals surface area contributed by atoms with E-state index in [2.05, 4.69) is 4.98 Å². The zero-order chi connectivity index (χ0) is 10.7. The van der Waals surface area contributed by atoms with Crippen LogP contribution in [0.15, 0.2) is 29.0 Å². The van der Waals surface area contributed by atoms with Gasteiger partial charge in [0.2, 0.25) is 0 Å². The summed E-state index contributed by atoms with van der Waals surface area (Å²) in [6.07, 6.45) is 2.20. The molecule has 0 amide bonds. The molecule has 1 N–H and O–H groups in total. The normalized spacial score (nSPS) is 10.7. The van der Waals surface area contributed by atoms with Gasteiger partial charge in [0.15, 0.2) is 17.8 Å². The zero-order valence-corrected chi connectivity index (χ0v) is 8.14. The van der Waals surface area contributed by atoms with Crippen molar-refractivity contribution in [1.82, 2.24) is 4.98 Å². The van der Waals surface area contributed by atoms with Gasteiger partial charge < -0.3 is 9.52 Å². The minimum atomic E-state index is 0.0161. The Kier molecular flexibility index (Phi) is 2.78. The lowest BCUT2D eigenvalue weighted by Gasteiger charge is -1.98. The summed E-state index contributed by atoms with van der Waals surface area (Å²) < 4.78 is 5.10. The van der Waals surface area contributed by atoms with Crippen LogP contribution in [-0.4, -0.2) is 22.5 Å². The first-order valence-corrected chi connectivity index (χ1v) is 4.78. The molecule has 2 aromatic rings. The van der Waals surface area contributed by atoms with Gasteiger partial charge >= 0.3 is 0 Å². The number of aromatic nitrogens is 1. The number of rotatable bonds is 4. The maximum Gasteiger partial charge on any atom is 0.181 e. The van der Waals surface area contributed by atoms with Gasteiger partial charge in [-0.15, -0.1) is 0 Å². The molecule has 2 rings (SSSR count). The van der Waals surface area contributed by atoms with Crippen molar-refractivity contribution >= 4 is 16.9 Å². The number of Topliss-reactive ketones (excluding diaryl/α,β-unsaturated/α-hetero) is 1. The highest BCUT2D eigenvalue weighted by Crippen LogP contribution is 2.15. The second-order valence-corrected chi connectivity index (χ2v) is 3.29. The van der Waals surface area contributed by atoms with Crippen molar-refractivity contribution in [3.8, 4) is 0 Å². The average Bonchev–Trinajstić information content (AvgIpc) is 2.72. The Balaban J connectivity index is 2.23. The smallest absolute Gasteiger partial charge is 0.181 e. The molecule has 78 valence electrons. The van der Waals surface area contributed by atoms with Gasteiger partial charge in [0.1, 0.15) is 5.52 Å².